The molecule has 7 heteroatoms. The van der Waals surface area contributed by atoms with E-state index in [1.165, 1.54) is 24.9 Å². The zero-order valence-electron chi connectivity index (χ0n) is 16.6. The van der Waals surface area contributed by atoms with E-state index in [4.69, 9.17) is 4.74 Å². The van der Waals surface area contributed by atoms with E-state index in [-0.39, 0.29) is 48.3 Å². The van der Waals surface area contributed by atoms with Crippen molar-refractivity contribution in [2.45, 2.75) is 44.9 Å². The Morgan fingerprint density at radius 3 is 2.71 bits per heavy atom. The summed E-state index contributed by atoms with van der Waals surface area (Å²) >= 11 is 0. The van der Waals surface area contributed by atoms with E-state index in [1.54, 1.807) is 0 Å². The van der Waals surface area contributed by atoms with Gasteiger partial charge in [0.15, 0.2) is 0 Å². The Labute approximate surface area is 181 Å². The van der Waals surface area contributed by atoms with Gasteiger partial charge in [0, 0.05) is 38.1 Å². The molecule has 0 aromatic heterocycles. The van der Waals surface area contributed by atoms with E-state index in [0.717, 1.165) is 39.1 Å². The van der Waals surface area contributed by atoms with Crippen LogP contribution in [-0.2, 0) is 16.1 Å². The van der Waals surface area contributed by atoms with E-state index < -0.39 is 0 Å². The number of carbonyl (C=O) groups excluding carboxylic acids is 1. The first-order valence-corrected chi connectivity index (χ1v) is 10.1. The van der Waals surface area contributed by atoms with Crippen molar-refractivity contribution in [1.82, 2.24) is 15.1 Å². The Morgan fingerprint density at radius 1 is 1.18 bits per heavy atom. The highest BCUT2D eigenvalue weighted by atomic mass is 35.5. The summed E-state index contributed by atoms with van der Waals surface area (Å²) in [5.41, 5.74) is 1.66. The third-order valence-corrected chi connectivity index (χ3v) is 6.32. The monoisotopic (exact) mass is 429 g/mol. The topological polar surface area (TPSA) is 44.8 Å². The van der Waals surface area contributed by atoms with Crippen molar-refractivity contribution in [2.24, 2.45) is 5.41 Å². The Bertz CT molecular complexity index is 633. The molecule has 1 spiro atoms. The molecule has 1 amide bonds. The molecule has 0 aliphatic carbocycles. The first kappa shape index (κ1) is 23.4. The van der Waals surface area contributed by atoms with E-state index in [9.17, 15) is 4.79 Å². The lowest BCUT2D eigenvalue weighted by molar-refractivity contribution is -0.139. The van der Waals surface area contributed by atoms with Gasteiger partial charge in [-0.05, 0) is 38.3 Å². The van der Waals surface area contributed by atoms with Gasteiger partial charge < -0.3 is 15.0 Å². The van der Waals surface area contributed by atoms with Crippen LogP contribution >= 0.6 is 24.8 Å². The Hall–Kier alpha value is -0.850. The van der Waals surface area contributed by atoms with Crippen molar-refractivity contribution in [1.29, 1.82) is 0 Å². The molecule has 1 unspecified atom stereocenters. The molecule has 5 nitrogen and oxygen atoms in total. The summed E-state index contributed by atoms with van der Waals surface area (Å²) in [6.45, 7) is 8.56. The second kappa shape index (κ2) is 10.3. The maximum Gasteiger partial charge on any atom is 0.242 e. The Kier molecular flexibility index (Phi) is 8.59. The normalized spacial score (nSPS) is 30.5. The largest absolute Gasteiger partial charge is 0.375 e. The summed E-state index contributed by atoms with van der Waals surface area (Å²) in [7, 11) is 0. The lowest BCUT2D eigenvalue weighted by atomic mass is 9.79. The van der Waals surface area contributed by atoms with Crippen LogP contribution in [0.5, 0.6) is 0 Å². The molecule has 3 aliphatic rings. The first-order valence-electron chi connectivity index (χ1n) is 10.1. The van der Waals surface area contributed by atoms with Gasteiger partial charge >= 0.3 is 0 Å². The van der Waals surface area contributed by atoms with Gasteiger partial charge in [-0.15, -0.1) is 24.8 Å². The number of nitrogens with one attached hydrogen (secondary N) is 1. The van der Waals surface area contributed by atoms with Gasteiger partial charge in [0.2, 0.25) is 5.91 Å². The van der Waals surface area contributed by atoms with Gasteiger partial charge in [-0.3, -0.25) is 9.69 Å². The minimum atomic E-state index is -0.178. The molecule has 1 N–H and O–H groups in total. The predicted molar refractivity (Wildman–Crippen MR) is 116 cm³/mol. The van der Waals surface area contributed by atoms with Gasteiger partial charge in [-0.25, -0.2) is 0 Å². The zero-order chi connectivity index (χ0) is 18.0. The number of halogens is 2. The highest BCUT2D eigenvalue weighted by molar-refractivity contribution is 5.85. The number of piperidine rings is 1. The molecular formula is C21H33Cl2N3O2. The molecule has 3 aliphatic heterocycles. The minimum Gasteiger partial charge on any atom is -0.375 e. The third-order valence-electron chi connectivity index (χ3n) is 6.32. The van der Waals surface area contributed by atoms with Crippen LogP contribution in [0.3, 0.4) is 0 Å². The number of benzene rings is 1. The number of amides is 1. The van der Waals surface area contributed by atoms with Gasteiger partial charge in [-0.2, -0.15) is 0 Å². The van der Waals surface area contributed by atoms with E-state index in [0.29, 0.717) is 6.61 Å². The van der Waals surface area contributed by atoms with Gasteiger partial charge in [0.25, 0.3) is 0 Å². The standard InChI is InChI=1S/C21H31N3O2.2ClH/c1-17-19(22-10-13-26-17)20(25)24-12-9-21(16-24)8-5-11-23(15-21)14-18-6-3-2-4-7-18;;/h2-4,6-7,17,19,22H,5,8-16H2,1H3;2*1H/t17-,19+,21?;;/m1../s1. The van der Waals surface area contributed by atoms with E-state index in [2.05, 4.69) is 45.4 Å². The van der Waals surface area contributed by atoms with Crippen molar-refractivity contribution < 1.29 is 9.53 Å². The molecule has 1 aromatic carbocycles. The van der Waals surface area contributed by atoms with Gasteiger partial charge in [0.05, 0.1) is 12.7 Å². The van der Waals surface area contributed by atoms with Crippen LogP contribution in [-0.4, -0.2) is 67.2 Å². The van der Waals surface area contributed by atoms with Crippen molar-refractivity contribution in [3.63, 3.8) is 0 Å². The molecule has 28 heavy (non-hydrogen) atoms. The first-order chi connectivity index (χ1) is 12.7. The molecule has 4 rings (SSSR count). The number of rotatable bonds is 3. The Balaban J connectivity index is 0.00000140. The number of nitrogens with zero attached hydrogens (tertiary/aromatic N) is 2. The summed E-state index contributed by atoms with van der Waals surface area (Å²) in [6, 6.07) is 10.6. The molecule has 0 saturated carbocycles. The quantitative estimate of drug-likeness (QED) is 0.801. The molecule has 3 fully saturated rings. The zero-order valence-corrected chi connectivity index (χ0v) is 18.3. The fourth-order valence-corrected chi connectivity index (χ4v) is 4.95. The van der Waals surface area contributed by atoms with Crippen LogP contribution in [0.1, 0.15) is 31.7 Å². The second-order valence-electron chi connectivity index (χ2n) is 8.32. The predicted octanol–water partition coefficient (Wildman–Crippen LogP) is 2.72. The fourth-order valence-electron chi connectivity index (χ4n) is 4.95. The molecule has 0 radical (unpaired) electrons. The molecule has 3 heterocycles. The van der Waals surface area contributed by atoms with Crippen molar-refractivity contribution in [3.8, 4) is 0 Å². The highest BCUT2D eigenvalue weighted by Gasteiger charge is 2.44. The SMILES string of the molecule is C[C@H]1OCCN[C@@H]1C(=O)N1CCC2(CCCN(Cc3ccccc3)C2)C1.Cl.Cl. The number of carbonyl (C=O) groups is 1. The molecular weight excluding hydrogens is 397 g/mol. The maximum absolute atomic E-state index is 13.0. The molecule has 1 aromatic rings. The fraction of sp³-hybridized carbons (Fsp3) is 0.667. The van der Waals surface area contributed by atoms with Gasteiger partial charge in [0.1, 0.15) is 6.04 Å². The number of hydrogen-bond acceptors (Lipinski definition) is 4. The molecule has 0 bridgehead atoms. The Morgan fingerprint density at radius 2 is 1.96 bits per heavy atom. The minimum absolute atomic E-state index is 0. The molecule has 3 saturated heterocycles. The average molecular weight is 430 g/mol. The highest BCUT2D eigenvalue weighted by Crippen LogP contribution is 2.39. The summed E-state index contributed by atoms with van der Waals surface area (Å²) in [4.78, 5) is 17.7. The van der Waals surface area contributed by atoms with Crippen molar-refractivity contribution in [2.75, 3.05) is 39.3 Å². The second-order valence-corrected chi connectivity index (χ2v) is 8.32. The van der Waals surface area contributed by atoms with Crippen molar-refractivity contribution in [3.05, 3.63) is 35.9 Å². The average Bonchev–Trinajstić information content (AvgIpc) is 3.06. The van der Waals surface area contributed by atoms with Crippen LogP contribution < -0.4 is 5.32 Å². The summed E-state index contributed by atoms with van der Waals surface area (Å²) in [6.07, 6.45) is 3.57. The third kappa shape index (κ3) is 5.19. The number of likely N-dealkylation sites (tertiary alicyclic amines) is 2. The summed E-state index contributed by atoms with van der Waals surface area (Å²) in [5.74, 6) is 0.231. The van der Waals surface area contributed by atoms with Crippen LogP contribution in [0.4, 0.5) is 0 Å². The van der Waals surface area contributed by atoms with E-state index in [1.807, 2.05) is 6.92 Å². The van der Waals surface area contributed by atoms with Crippen LogP contribution in [0.25, 0.3) is 0 Å². The van der Waals surface area contributed by atoms with Gasteiger partial charge in [-0.1, -0.05) is 30.3 Å². The number of morpholine rings is 1. The maximum atomic E-state index is 13.0. The number of hydrogen-bond donors (Lipinski definition) is 1. The van der Waals surface area contributed by atoms with Crippen LogP contribution in [0, 0.1) is 5.41 Å². The van der Waals surface area contributed by atoms with Crippen LogP contribution in [0.15, 0.2) is 30.3 Å². The number of ether oxygens (including phenoxy) is 1. The summed E-state index contributed by atoms with van der Waals surface area (Å²) in [5, 5.41) is 3.35. The van der Waals surface area contributed by atoms with Crippen LogP contribution in [0.2, 0.25) is 0 Å². The lowest BCUT2D eigenvalue weighted by Gasteiger charge is -2.41. The van der Waals surface area contributed by atoms with Crippen molar-refractivity contribution >= 4 is 30.7 Å². The van der Waals surface area contributed by atoms with E-state index >= 15 is 0 Å². The smallest absolute Gasteiger partial charge is 0.242 e. The molecule has 158 valence electrons. The summed E-state index contributed by atoms with van der Waals surface area (Å²) < 4.78 is 5.67. The molecule has 3 atom stereocenters. The lowest BCUT2D eigenvalue weighted by Crippen LogP contribution is -2.56.